The van der Waals surface area contributed by atoms with Crippen LogP contribution in [0.4, 0.5) is 4.39 Å². The standard InChI is InChI=1S/C17H19ClFNO2/c18-15-4-7-17(14(10-15)11-20-8-1-9-21)22-12-13-2-5-16(19)6-3-13/h2-7,10,20-21H,1,8-9,11-12H2. The molecular weight excluding hydrogens is 305 g/mol. The van der Waals surface area contributed by atoms with Crippen LogP contribution in [0, 0.1) is 5.82 Å². The highest BCUT2D eigenvalue weighted by Gasteiger charge is 2.05. The number of rotatable bonds is 8. The summed E-state index contributed by atoms with van der Waals surface area (Å²) in [5.74, 6) is 0.481. The zero-order valence-corrected chi connectivity index (χ0v) is 12.9. The van der Waals surface area contributed by atoms with E-state index in [1.807, 2.05) is 12.1 Å². The molecule has 22 heavy (non-hydrogen) atoms. The first-order chi connectivity index (χ1) is 10.7. The summed E-state index contributed by atoms with van der Waals surface area (Å²) in [6.07, 6.45) is 0.701. The predicted molar refractivity (Wildman–Crippen MR) is 85.6 cm³/mol. The van der Waals surface area contributed by atoms with Crippen LogP contribution >= 0.6 is 11.6 Å². The van der Waals surface area contributed by atoms with Crippen molar-refractivity contribution < 1.29 is 14.2 Å². The summed E-state index contributed by atoms with van der Waals surface area (Å²) in [5.41, 5.74) is 1.85. The molecule has 0 aliphatic carbocycles. The van der Waals surface area contributed by atoms with Gasteiger partial charge < -0.3 is 15.2 Å². The Labute approximate surface area is 134 Å². The zero-order chi connectivity index (χ0) is 15.8. The van der Waals surface area contributed by atoms with E-state index in [1.54, 1.807) is 18.2 Å². The Morgan fingerprint density at radius 2 is 1.91 bits per heavy atom. The molecule has 0 unspecified atom stereocenters. The van der Waals surface area contributed by atoms with Gasteiger partial charge in [-0.2, -0.15) is 0 Å². The van der Waals surface area contributed by atoms with E-state index in [0.717, 1.165) is 23.4 Å². The van der Waals surface area contributed by atoms with E-state index in [4.69, 9.17) is 21.4 Å². The average molecular weight is 324 g/mol. The van der Waals surface area contributed by atoms with Crippen molar-refractivity contribution in [3.05, 3.63) is 64.4 Å². The van der Waals surface area contributed by atoms with Crippen LogP contribution in [-0.4, -0.2) is 18.3 Å². The van der Waals surface area contributed by atoms with E-state index in [0.29, 0.717) is 24.6 Å². The lowest BCUT2D eigenvalue weighted by Gasteiger charge is -2.13. The summed E-state index contributed by atoms with van der Waals surface area (Å²) in [5, 5.41) is 12.7. The predicted octanol–water partition coefficient (Wildman–Crippen LogP) is 3.53. The fraction of sp³-hybridized carbons (Fsp3) is 0.294. The number of hydrogen-bond donors (Lipinski definition) is 2. The molecule has 0 heterocycles. The zero-order valence-electron chi connectivity index (χ0n) is 12.2. The summed E-state index contributed by atoms with van der Waals surface area (Å²) in [6, 6.07) is 11.7. The highest BCUT2D eigenvalue weighted by molar-refractivity contribution is 6.30. The molecule has 0 aliphatic rings. The van der Waals surface area contributed by atoms with Gasteiger partial charge in [-0.15, -0.1) is 0 Å². The second kappa shape index (κ2) is 8.73. The molecule has 0 bridgehead atoms. The van der Waals surface area contributed by atoms with E-state index in [-0.39, 0.29) is 12.4 Å². The molecule has 2 N–H and O–H groups in total. The lowest BCUT2D eigenvalue weighted by atomic mass is 10.2. The van der Waals surface area contributed by atoms with Crippen LogP contribution in [0.1, 0.15) is 17.5 Å². The lowest BCUT2D eigenvalue weighted by molar-refractivity contribution is 0.285. The summed E-state index contributed by atoms with van der Waals surface area (Å²) < 4.78 is 18.7. The van der Waals surface area contributed by atoms with Crippen molar-refractivity contribution in [3.8, 4) is 5.75 Å². The molecule has 0 saturated heterocycles. The van der Waals surface area contributed by atoms with Crippen LogP contribution in [0.2, 0.25) is 5.02 Å². The van der Waals surface area contributed by atoms with Gasteiger partial charge in [0, 0.05) is 23.7 Å². The highest BCUT2D eigenvalue weighted by Crippen LogP contribution is 2.24. The molecule has 0 amide bonds. The number of nitrogens with one attached hydrogen (secondary N) is 1. The van der Waals surface area contributed by atoms with E-state index >= 15 is 0 Å². The second-order valence-electron chi connectivity index (χ2n) is 4.92. The first-order valence-electron chi connectivity index (χ1n) is 7.16. The van der Waals surface area contributed by atoms with Crippen LogP contribution < -0.4 is 10.1 Å². The minimum absolute atomic E-state index is 0.163. The smallest absolute Gasteiger partial charge is 0.124 e. The third-order valence-electron chi connectivity index (χ3n) is 3.16. The molecule has 5 heteroatoms. The normalized spacial score (nSPS) is 10.7. The van der Waals surface area contributed by atoms with Gasteiger partial charge in [-0.3, -0.25) is 0 Å². The number of benzene rings is 2. The first kappa shape index (κ1) is 16.7. The molecule has 0 aliphatic heterocycles. The van der Waals surface area contributed by atoms with Crippen LogP contribution in [0.5, 0.6) is 5.75 Å². The molecule has 2 aromatic carbocycles. The number of ether oxygens (including phenoxy) is 1. The molecule has 2 aromatic rings. The Morgan fingerprint density at radius 3 is 2.64 bits per heavy atom. The minimum atomic E-state index is -0.260. The molecule has 0 saturated carbocycles. The van der Waals surface area contributed by atoms with Gasteiger partial charge in [-0.05, 0) is 48.9 Å². The van der Waals surface area contributed by atoms with E-state index in [2.05, 4.69) is 5.32 Å². The highest BCUT2D eigenvalue weighted by atomic mass is 35.5. The van der Waals surface area contributed by atoms with Gasteiger partial charge in [-0.1, -0.05) is 23.7 Å². The maximum absolute atomic E-state index is 12.9. The molecular formula is C17H19ClFNO2. The fourth-order valence-corrected chi connectivity index (χ4v) is 2.19. The molecule has 118 valence electrons. The van der Waals surface area contributed by atoms with Gasteiger partial charge in [0.2, 0.25) is 0 Å². The fourth-order valence-electron chi connectivity index (χ4n) is 2.00. The molecule has 0 aromatic heterocycles. The number of aliphatic hydroxyl groups is 1. The maximum Gasteiger partial charge on any atom is 0.124 e. The summed E-state index contributed by atoms with van der Waals surface area (Å²) >= 11 is 6.03. The molecule has 0 radical (unpaired) electrons. The van der Waals surface area contributed by atoms with Crippen molar-refractivity contribution >= 4 is 11.6 Å². The SMILES string of the molecule is OCCCNCc1cc(Cl)ccc1OCc1ccc(F)cc1. The van der Waals surface area contributed by atoms with Crippen LogP contribution in [-0.2, 0) is 13.2 Å². The summed E-state index contributed by atoms with van der Waals surface area (Å²) in [4.78, 5) is 0. The monoisotopic (exact) mass is 323 g/mol. The Balaban J connectivity index is 1.98. The third kappa shape index (κ3) is 5.30. The lowest BCUT2D eigenvalue weighted by Crippen LogP contribution is -2.16. The van der Waals surface area contributed by atoms with Crippen molar-refractivity contribution in [1.82, 2.24) is 5.32 Å². The topological polar surface area (TPSA) is 41.5 Å². The van der Waals surface area contributed by atoms with E-state index < -0.39 is 0 Å². The molecule has 0 spiro atoms. The summed E-state index contributed by atoms with van der Waals surface area (Å²) in [6.45, 7) is 1.86. The third-order valence-corrected chi connectivity index (χ3v) is 3.39. The largest absolute Gasteiger partial charge is 0.489 e. The minimum Gasteiger partial charge on any atom is -0.489 e. The molecule has 2 rings (SSSR count). The number of halogens is 2. The van der Waals surface area contributed by atoms with E-state index in [9.17, 15) is 4.39 Å². The quantitative estimate of drug-likeness (QED) is 0.730. The van der Waals surface area contributed by atoms with Crippen molar-refractivity contribution in [2.45, 2.75) is 19.6 Å². The molecule has 3 nitrogen and oxygen atoms in total. The van der Waals surface area contributed by atoms with Crippen molar-refractivity contribution in [2.75, 3.05) is 13.2 Å². The Hall–Kier alpha value is -1.62. The van der Waals surface area contributed by atoms with Crippen LogP contribution in [0.25, 0.3) is 0 Å². The van der Waals surface area contributed by atoms with Crippen LogP contribution in [0.15, 0.2) is 42.5 Å². The van der Waals surface area contributed by atoms with Crippen molar-refractivity contribution in [3.63, 3.8) is 0 Å². The second-order valence-corrected chi connectivity index (χ2v) is 5.36. The number of aliphatic hydroxyl groups excluding tert-OH is 1. The van der Waals surface area contributed by atoms with Crippen molar-refractivity contribution in [2.24, 2.45) is 0 Å². The van der Waals surface area contributed by atoms with Crippen molar-refractivity contribution in [1.29, 1.82) is 0 Å². The Morgan fingerprint density at radius 1 is 1.14 bits per heavy atom. The van der Waals surface area contributed by atoms with Gasteiger partial charge in [0.1, 0.15) is 18.2 Å². The van der Waals surface area contributed by atoms with Crippen LogP contribution in [0.3, 0.4) is 0 Å². The van der Waals surface area contributed by atoms with Gasteiger partial charge in [0.15, 0.2) is 0 Å². The van der Waals surface area contributed by atoms with Gasteiger partial charge in [0.25, 0.3) is 0 Å². The summed E-state index contributed by atoms with van der Waals surface area (Å²) in [7, 11) is 0. The average Bonchev–Trinajstić information content (AvgIpc) is 2.52. The Kier molecular flexibility index (Phi) is 6.65. The Bertz CT molecular complexity index is 590. The molecule has 0 atom stereocenters. The maximum atomic E-state index is 12.9. The van der Waals surface area contributed by atoms with Gasteiger partial charge >= 0.3 is 0 Å². The van der Waals surface area contributed by atoms with E-state index in [1.165, 1.54) is 12.1 Å². The van der Waals surface area contributed by atoms with Gasteiger partial charge in [-0.25, -0.2) is 4.39 Å². The first-order valence-corrected chi connectivity index (χ1v) is 7.54. The molecule has 0 fully saturated rings. The number of hydrogen-bond acceptors (Lipinski definition) is 3. The van der Waals surface area contributed by atoms with Gasteiger partial charge in [0.05, 0.1) is 0 Å².